The second kappa shape index (κ2) is 7.73. The first-order valence-electron chi connectivity index (χ1n) is 9.79. The molecule has 0 amide bonds. The highest BCUT2D eigenvalue weighted by atomic mass is 32.1. The second-order valence-electron chi connectivity index (χ2n) is 7.20. The fourth-order valence-electron chi connectivity index (χ4n) is 3.57. The molecule has 0 bridgehead atoms. The molecule has 1 aromatic heterocycles. The molecule has 4 heteroatoms. The molecule has 0 saturated carbocycles. The lowest BCUT2D eigenvalue weighted by Crippen LogP contribution is -1.92. The van der Waals surface area contributed by atoms with Crippen LogP contribution in [-0.4, -0.2) is 18.3 Å². The lowest BCUT2D eigenvalue weighted by Gasteiger charge is -2.08. The summed E-state index contributed by atoms with van der Waals surface area (Å²) in [6.45, 7) is 2.11. The van der Waals surface area contributed by atoms with Crippen LogP contribution in [0.25, 0.3) is 31.6 Å². The first-order chi connectivity index (χ1) is 14.7. The van der Waals surface area contributed by atoms with Crippen LogP contribution in [0.1, 0.15) is 11.1 Å². The summed E-state index contributed by atoms with van der Waals surface area (Å²) >= 11 is 1.72. The standard InChI is InChI=1S/C26H20N2OS/c1-17-7-13-23-25(15-17)30-26(28-23)19-8-11-20(12-9-19)27-16-22-21-6-4-3-5-18(21)10-14-24(22)29-2/h3-16H,1-2H3. The highest BCUT2D eigenvalue weighted by Gasteiger charge is 2.08. The Labute approximate surface area is 179 Å². The van der Waals surface area contributed by atoms with E-state index in [0.717, 1.165) is 38.5 Å². The summed E-state index contributed by atoms with van der Waals surface area (Å²) < 4.78 is 6.78. The number of hydrogen-bond donors (Lipinski definition) is 0. The normalized spacial score (nSPS) is 11.5. The van der Waals surface area contributed by atoms with Crippen LogP contribution in [0, 0.1) is 6.92 Å². The van der Waals surface area contributed by atoms with Crippen LogP contribution < -0.4 is 4.74 Å². The molecule has 5 rings (SSSR count). The van der Waals surface area contributed by atoms with E-state index in [2.05, 4.69) is 55.5 Å². The largest absolute Gasteiger partial charge is 0.496 e. The molecule has 146 valence electrons. The molecular formula is C26H20N2OS. The van der Waals surface area contributed by atoms with Crippen molar-refractivity contribution in [2.75, 3.05) is 7.11 Å². The Balaban J connectivity index is 1.46. The van der Waals surface area contributed by atoms with Crippen molar-refractivity contribution in [3.63, 3.8) is 0 Å². The molecule has 0 spiro atoms. The van der Waals surface area contributed by atoms with Gasteiger partial charge in [-0.1, -0.05) is 36.4 Å². The number of aliphatic imine (C=N–C) groups is 1. The Morgan fingerprint density at radius 2 is 1.77 bits per heavy atom. The van der Waals surface area contributed by atoms with Gasteiger partial charge in [-0.25, -0.2) is 4.98 Å². The van der Waals surface area contributed by atoms with Gasteiger partial charge < -0.3 is 4.74 Å². The third-order valence-electron chi connectivity index (χ3n) is 5.15. The molecule has 1 heterocycles. The van der Waals surface area contributed by atoms with Crippen LogP contribution in [0.3, 0.4) is 0 Å². The molecular weight excluding hydrogens is 388 g/mol. The molecule has 0 aliphatic heterocycles. The van der Waals surface area contributed by atoms with Crippen molar-refractivity contribution in [3.8, 4) is 16.3 Å². The molecule has 0 N–H and O–H groups in total. The van der Waals surface area contributed by atoms with E-state index >= 15 is 0 Å². The predicted molar refractivity (Wildman–Crippen MR) is 128 cm³/mol. The van der Waals surface area contributed by atoms with E-state index in [-0.39, 0.29) is 0 Å². The zero-order chi connectivity index (χ0) is 20.5. The van der Waals surface area contributed by atoms with Gasteiger partial charge in [0.25, 0.3) is 0 Å². The van der Waals surface area contributed by atoms with Crippen molar-refractivity contribution < 1.29 is 4.74 Å². The molecule has 0 saturated heterocycles. The maximum atomic E-state index is 5.56. The molecule has 0 aliphatic rings. The summed E-state index contributed by atoms with van der Waals surface area (Å²) in [5.41, 5.74) is 5.29. The fraction of sp³-hybridized carbons (Fsp3) is 0.0769. The van der Waals surface area contributed by atoms with Crippen molar-refractivity contribution >= 4 is 44.2 Å². The monoisotopic (exact) mass is 408 g/mol. The van der Waals surface area contributed by atoms with Gasteiger partial charge in [0, 0.05) is 17.3 Å². The summed E-state index contributed by atoms with van der Waals surface area (Å²) in [6, 6.07) is 26.9. The van der Waals surface area contributed by atoms with Gasteiger partial charge in [-0.15, -0.1) is 11.3 Å². The third-order valence-corrected chi connectivity index (χ3v) is 6.22. The molecule has 0 radical (unpaired) electrons. The van der Waals surface area contributed by atoms with Crippen molar-refractivity contribution in [2.45, 2.75) is 6.92 Å². The van der Waals surface area contributed by atoms with Gasteiger partial charge in [0.15, 0.2) is 0 Å². The zero-order valence-corrected chi connectivity index (χ0v) is 17.6. The molecule has 0 aliphatic carbocycles. The van der Waals surface area contributed by atoms with E-state index in [4.69, 9.17) is 14.7 Å². The van der Waals surface area contributed by atoms with Gasteiger partial charge in [-0.2, -0.15) is 0 Å². The minimum atomic E-state index is 0.818. The molecule has 0 atom stereocenters. The summed E-state index contributed by atoms with van der Waals surface area (Å²) in [5.74, 6) is 0.818. The second-order valence-corrected chi connectivity index (χ2v) is 8.23. The SMILES string of the molecule is COc1ccc2ccccc2c1C=Nc1ccc(-c2nc3ccc(C)cc3s2)cc1. The number of aromatic nitrogens is 1. The summed E-state index contributed by atoms with van der Waals surface area (Å²) in [5, 5.41) is 3.32. The highest BCUT2D eigenvalue weighted by Crippen LogP contribution is 2.32. The topological polar surface area (TPSA) is 34.5 Å². The third kappa shape index (κ3) is 3.46. The van der Waals surface area contributed by atoms with Gasteiger partial charge in [-0.05, 0) is 65.7 Å². The number of fused-ring (bicyclic) bond motifs is 2. The molecule has 0 fully saturated rings. The maximum absolute atomic E-state index is 5.56. The van der Waals surface area contributed by atoms with Gasteiger partial charge in [0.1, 0.15) is 10.8 Å². The Hall–Kier alpha value is -3.50. The number of methoxy groups -OCH3 is 1. The van der Waals surface area contributed by atoms with Gasteiger partial charge in [0.05, 0.1) is 23.0 Å². The summed E-state index contributed by atoms with van der Waals surface area (Å²) in [4.78, 5) is 9.47. The van der Waals surface area contributed by atoms with Crippen LogP contribution >= 0.6 is 11.3 Å². The van der Waals surface area contributed by atoms with Crippen molar-refractivity contribution in [1.29, 1.82) is 0 Å². The number of benzene rings is 4. The van der Waals surface area contributed by atoms with Crippen LogP contribution in [0.2, 0.25) is 0 Å². The molecule has 5 aromatic rings. The maximum Gasteiger partial charge on any atom is 0.128 e. The number of aryl methyl sites for hydroxylation is 1. The minimum absolute atomic E-state index is 0.818. The fourth-order valence-corrected chi connectivity index (χ4v) is 4.64. The van der Waals surface area contributed by atoms with Crippen molar-refractivity contribution in [2.24, 2.45) is 4.99 Å². The summed E-state index contributed by atoms with van der Waals surface area (Å²) in [7, 11) is 1.69. The number of ether oxygens (including phenoxy) is 1. The first kappa shape index (κ1) is 18.5. The van der Waals surface area contributed by atoms with Crippen LogP contribution in [0.4, 0.5) is 5.69 Å². The van der Waals surface area contributed by atoms with E-state index < -0.39 is 0 Å². The number of rotatable bonds is 4. The van der Waals surface area contributed by atoms with Crippen LogP contribution in [0.15, 0.2) is 83.9 Å². The van der Waals surface area contributed by atoms with E-state index in [0.29, 0.717) is 0 Å². The van der Waals surface area contributed by atoms with E-state index in [1.165, 1.54) is 15.6 Å². The molecule has 4 aromatic carbocycles. The van der Waals surface area contributed by atoms with E-state index in [1.807, 2.05) is 36.5 Å². The number of nitrogens with zero attached hydrogens (tertiary/aromatic N) is 2. The Bertz CT molecular complexity index is 1380. The van der Waals surface area contributed by atoms with Crippen molar-refractivity contribution in [1.82, 2.24) is 4.98 Å². The van der Waals surface area contributed by atoms with E-state index in [9.17, 15) is 0 Å². The first-order valence-corrected chi connectivity index (χ1v) is 10.6. The lowest BCUT2D eigenvalue weighted by molar-refractivity contribution is 0.415. The van der Waals surface area contributed by atoms with Crippen LogP contribution in [-0.2, 0) is 0 Å². The van der Waals surface area contributed by atoms with Gasteiger partial charge in [0.2, 0.25) is 0 Å². The average molecular weight is 409 g/mol. The Morgan fingerprint density at radius 1 is 0.933 bits per heavy atom. The lowest BCUT2D eigenvalue weighted by atomic mass is 10.0. The number of hydrogen-bond acceptors (Lipinski definition) is 4. The summed E-state index contributed by atoms with van der Waals surface area (Å²) in [6.07, 6.45) is 1.89. The predicted octanol–water partition coefficient (Wildman–Crippen LogP) is 7.18. The Morgan fingerprint density at radius 3 is 2.60 bits per heavy atom. The van der Waals surface area contributed by atoms with Crippen molar-refractivity contribution in [3.05, 3.63) is 90.0 Å². The average Bonchev–Trinajstić information content (AvgIpc) is 3.21. The van der Waals surface area contributed by atoms with Gasteiger partial charge in [-0.3, -0.25) is 4.99 Å². The number of thiazole rings is 1. The van der Waals surface area contributed by atoms with Gasteiger partial charge >= 0.3 is 0 Å². The highest BCUT2D eigenvalue weighted by molar-refractivity contribution is 7.21. The van der Waals surface area contributed by atoms with Crippen LogP contribution in [0.5, 0.6) is 5.75 Å². The Kier molecular flexibility index (Phi) is 4.77. The zero-order valence-electron chi connectivity index (χ0n) is 16.8. The molecule has 30 heavy (non-hydrogen) atoms. The smallest absolute Gasteiger partial charge is 0.128 e. The van der Waals surface area contributed by atoms with E-state index in [1.54, 1.807) is 18.4 Å². The quantitative estimate of drug-likeness (QED) is 0.295. The minimum Gasteiger partial charge on any atom is -0.496 e. The molecule has 0 unspecified atom stereocenters. The molecule has 3 nitrogen and oxygen atoms in total.